The van der Waals surface area contributed by atoms with Crippen LogP contribution in [0.2, 0.25) is 0 Å². The molecule has 7 nitrogen and oxygen atoms in total. The fourth-order valence-electron chi connectivity index (χ4n) is 2.73. The van der Waals surface area contributed by atoms with E-state index in [1.807, 2.05) is 0 Å². The van der Waals surface area contributed by atoms with Gasteiger partial charge in [-0.2, -0.15) is 0 Å². The number of carbonyl (C=O) groups is 4. The lowest BCUT2D eigenvalue weighted by Gasteiger charge is -2.13. The van der Waals surface area contributed by atoms with Gasteiger partial charge in [-0.15, -0.1) is 0 Å². The van der Waals surface area contributed by atoms with Crippen LogP contribution in [0.4, 0.5) is 18.0 Å². The highest BCUT2D eigenvalue weighted by molar-refractivity contribution is 8.18. The smallest absolute Gasteiger partial charge is 0.293 e. The quantitative estimate of drug-likeness (QED) is 0.616. The number of imide groups is 1. The van der Waals surface area contributed by atoms with E-state index < -0.39 is 52.5 Å². The Kier molecular flexibility index (Phi) is 7.31. The molecule has 1 heterocycles. The van der Waals surface area contributed by atoms with Gasteiger partial charge < -0.3 is 10.6 Å². The van der Waals surface area contributed by atoms with E-state index in [1.165, 1.54) is 24.3 Å². The molecule has 0 unspecified atom stereocenters. The molecule has 0 bridgehead atoms. The molecule has 2 aromatic carbocycles. The lowest BCUT2D eigenvalue weighted by atomic mass is 10.2. The van der Waals surface area contributed by atoms with E-state index in [-0.39, 0.29) is 23.6 Å². The number of nitrogens with one attached hydrogen (secondary N) is 2. The first-order valence-electron chi connectivity index (χ1n) is 9.26. The summed E-state index contributed by atoms with van der Waals surface area (Å²) in [4.78, 5) is 49.2. The third-order valence-electron chi connectivity index (χ3n) is 4.31. The van der Waals surface area contributed by atoms with Gasteiger partial charge in [-0.1, -0.05) is 18.2 Å². The number of hydrogen-bond donors (Lipinski definition) is 2. The molecule has 1 saturated heterocycles. The van der Waals surface area contributed by atoms with Crippen molar-refractivity contribution in [1.29, 1.82) is 0 Å². The van der Waals surface area contributed by atoms with E-state index in [4.69, 9.17) is 0 Å². The molecule has 166 valence electrons. The average molecular weight is 463 g/mol. The monoisotopic (exact) mass is 463 g/mol. The van der Waals surface area contributed by atoms with E-state index in [2.05, 4.69) is 10.6 Å². The standard InChI is InChI=1S/C21H16F3N3O4S/c22-13-5-6-14(16(24)10-13)19(29)26-11-18(28)25-7-8-27-20(30)17(32-21(27)31)9-12-3-1-2-4-15(12)23/h1-6,9-10H,7-8,11H2,(H,25,28)(H,26,29). The van der Waals surface area contributed by atoms with Crippen LogP contribution in [0.15, 0.2) is 47.4 Å². The van der Waals surface area contributed by atoms with Crippen molar-refractivity contribution in [2.24, 2.45) is 0 Å². The predicted molar refractivity (Wildman–Crippen MR) is 111 cm³/mol. The Bertz CT molecular complexity index is 1120. The van der Waals surface area contributed by atoms with Gasteiger partial charge in [0.25, 0.3) is 17.1 Å². The zero-order valence-corrected chi connectivity index (χ0v) is 17.2. The first kappa shape index (κ1) is 23.1. The fraction of sp³-hybridized carbons (Fsp3) is 0.143. The highest BCUT2D eigenvalue weighted by atomic mass is 32.2. The first-order chi connectivity index (χ1) is 15.3. The Morgan fingerprint density at radius 2 is 1.75 bits per heavy atom. The fourth-order valence-corrected chi connectivity index (χ4v) is 3.58. The zero-order valence-electron chi connectivity index (χ0n) is 16.4. The number of thioether (sulfide) groups is 1. The average Bonchev–Trinajstić information content (AvgIpc) is 3.01. The van der Waals surface area contributed by atoms with Crippen molar-refractivity contribution in [3.05, 3.63) is 75.9 Å². The normalized spacial score (nSPS) is 14.7. The third-order valence-corrected chi connectivity index (χ3v) is 5.22. The van der Waals surface area contributed by atoms with Crippen LogP contribution in [-0.2, 0) is 9.59 Å². The predicted octanol–water partition coefficient (Wildman–Crippen LogP) is 2.69. The van der Waals surface area contributed by atoms with Gasteiger partial charge in [0.15, 0.2) is 0 Å². The van der Waals surface area contributed by atoms with Crippen LogP contribution in [0.25, 0.3) is 6.08 Å². The van der Waals surface area contributed by atoms with E-state index in [0.29, 0.717) is 17.8 Å². The number of hydrogen-bond acceptors (Lipinski definition) is 5. The maximum atomic E-state index is 13.8. The molecule has 0 aliphatic carbocycles. The lowest BCUT2D eigenvalue weighted by molar-refractivity contribution is -0.124. The molecule has 2 N–H and O–H groups in total. The lowest BCUT2D eigenvalue weighted by Crippen LogP contribution is -2.41. The molecule has 1 aliphatic heterocycles. The molecule has 0 spiro atoms. The van der Waals surface area contributed by atoms with Crippen molar-refractivity contribution in [1.82, 2.24) is 15.5 Å². The summed E-state index contributed by atoms with van der Waals surface area (Å²) in [5.41, 5.74) is -0.252. The van der Waals surface area contributed by atoms with E-state index >= 15 is 0 Å². The highest BCUT2D eigenvalue weighted by Gasteiger charge is 2.34. The number of nitrogens with zero attached hydrogens (tertiary/aromatic N) is 1. The van der Waals surface area contributed by atoms with Crippen LogP contribution in [0.3, 0.4) is 0 Å². The molecule has 1 aliphatic rings. The summed E-state index contributed by atoms with van der Waals surface area (Å²) in [5, 5.41) is 4.03. The number of halogens is 3. The van der Waals surface area contributed by atoms with Crippen molar-refractivity contribution in [2.75, 3.05) is 19.6 Å². The van der Waals surface area contributed by atoms with Crippen molar-refractivity contribution < 1.29 is 32.3 Å². The van der Waals surface area contributed by atoms with E-state index in [0.717, 1.165) is 17.0 Å². The Balaban J connectivity index is 1.48. The molecule has 1 fully saturated rings. The van der Waals surface area contributed by atoms with Crippen LogP contribution in [0.5, 0.6) is 0 Å². The van der Waals surface area contributed by atoms with Gasteiger partial charge in [0, 0.05) is 24.7 Å². The molecule has 3 rings (SSSR count). The largest absolute Gasteiger partial charge is 0.353 e. The SMILES string of the molecule is O=C(CNC(=O)c1ccc(F)cc1F)NCCN1C(=O)SC(=Cc2ccccc2F)C1=O. The molecule has 11 heteroatoms. The molecule has 2 aromatic rings. The van der Waals surface area contributed by atoms with Crippen LogP contribution >= 0.6 is 11.8 Å². The second-order valence-electron chi connectivity index (χ2n) is 6.51. The number of rotatable bonds is 7. The van der Waals surface area contributed by atoms with Gasteiger partial charge in [-0.3, -0.25) is 24.1 Å². The van der Waals surface area contributed by atoms with Crippen molar-refractivity contribution in [3.8, 4) is 0 Å². The van der Waals surface area contributed by atoms with E-state index in [1.54, 1.807) is 6.07 Å². The Morgan fingerprint density at radius 3 is 2.47 bits per heavy atom. The van der Waals surface area contributed by atoms with Crippen LogP contribution in [0.1, 0.15) is 15.9 Å². The molecule has 0 atom stereocenters. The summed E-state index contributed by atoms with van der Waals surface area (Å²) in [5.74, 6) is -4.60. The van der Waals surface area contributed by atoms with E-state index in [9.17, 15) is 32.3 Å². The van der Waals surface area contributed by atoms with Crippen LogP contribution in [0, 0.1) is 17.5 Å². The van der Waals surface area contributed by atoms with Gasteiger partial charge in [0.1, 0.15) is 17.5 Å². The molecule has 0 saturated carbocycles. The number of carbonyl (C=O) groups excluding carboxylic acids is 4. The van der Waals surface area contributed by atoms with Crippen LogP contribution < -0.4 is 10.6 Å². The topological polar surface area (TPSA) is 95.6 Å². The highest BCUT2D eigenvalue weighted by Crippen LogP contribution is 2.32. The van der Waals surface area contributed by atoms with Gasteiger partial charge in [0.2, 0.25) is 5.91 Å². The van der Waals surface area contributed by atoms with Gasteiger partial charge in [-0.05, 0) is 36.0 Å². The number of benzene rings is 2. The summed E-state index contributed by atoms with van der Waals surface area (Å²) in [6, 6.07) is 8.20. The molecule has 0 aromatic heterocycles. The second-order valence-corrected chi connectivity index (χ2v) is 7.50. The minimum absolute atomic E-state index is 0.0556. The van der Waals surface area contributed by atoms with Gasteiger partial charge in [-0.25, -0.2) is 13.2 Å². The molecule has 4 amide bonds. The summed E-state index contributed by atoms with van der Waals surface area (Å²) < 4.78 is 40.2. The Morgan fingerprint density at radius 1 is 1.00 bits per heavy atom. The molecular weight excluding hydrogens is 447 g/mol. The maximum absolute atomic E-state index is 13.8. The van der Waals surface area contributed by atoms with Crippen molar-refractivity contribution in [3.63, 3.8) is 0 Å². The van der Waals surface area contributed by atoms with Crippen LogP contribution in [-0.4, -0.2) is 47.5 Å². The van der Waals surface area contributed by atoms with Gasteiger partial charge >= 0.3 is 0 Å². The summed E-state index contributed by atoms with van der Waals surface area (Å²) >= 11 is 0.658. The Labute approximate surface area is 184 Å². The third kappa shape index (κ3) is 5.55. The molecular formula is C21H16F3N3O4S. The van der Waals surface area contributed by atoms with Gasteiger partial charge in [0.05, 0.1) is 17.0 Å². The summed E-state index contributed by atoms with van der Waals surface area (Å²) in [6.45, 7) is -0.721. The molecule has 32 heavy (non-hydrogen) atoms. The second kappa shape index (κ2) is 10.1. The summed E-state index contributed by atoms with van der Waals surface area (Å²) in [7, 11) is 0. The molecule has 0 radical (unpaired) electrons. The maximum Gasteiger partial charge on any atom is 0.293 e. The minimum Gasteiger partial charge on any atom is -0.353 e. The number of amides is 4. The zero-order chi connectivity index (χ0) is 23.3. The van der Waals surface area contributed by atoms with Crippen molar-refractivity contribution in [2.45, 2.75) is 0 Å². The Hall–Kier alpha value is -3.60. The first-order valence-corrected chi connectivity index (χ1v) is 10.1. The summed E-state index contributed by atoms with van der Waals surface area (Å²) in [6.07, 6.45) is 1.28. The van der Waals surface area contributed by atoms with Crippen molar-refractivity contribution >= 4 is 40.8 Å². The minimum atomic E-state index is -1.06.